The second-order valence-corrected chi connectivity index (χ2v) is 5.10. The maximum atomic E-state index is 11.7. The normalized spacial score (nSPS) is 12.3. The number of rotatable bonds is 6. The SMILES string of the molecule is CCCC(CC(=O)OCC)c1ccc2ccccc2c1. The van der Waals surface area contributed by atoms with E-state index in [1.165, 1.54) is 16.3 Å². The van der Waals surface area contributed by atoms with Crippen LogP contribution < -0.4 is 0 Å². The molecular weight excluding hydrogens is 248 g/mol. The first kappa shape index (κ1) is 14.6. The van der Waals surface area contributed by atoms with Crippen molar-refractivity contribution in [3.8, 4) is 0 Å². The number of benzene rings is 2. The van der Waals surface area contributed by atoms with Crippen LogP contribution in [0.4, 0.5) is 0 Å². The summed E-state index contributed by atoms with van der Waals surface area (Å²) in [6.07, 6.45) is 2.55. The Morgan fingerprint density at radius 2 is 1.85 bits per heavy atom. The lowest BCUT2D eigenvalue weighted by molar-refractivity contribution is -0.143. The summed E-state index contributed by atoms with van der Waals surface area (Å²) in [5.74, 6) is 0.155. The van der Waals surface area contributed by atoms with Gasteiger partial charge in [-0.05, 0) is 35.6 Å². The van der Waals surface area contributed by atoms with E-state index in [9.17, 15) is 4.79 Å². The molecule has 0 amide bonds. The number of esters is 1. The lowest BCUT2D eigenvalue weighted by atomic mass is 9.90. The molecule has 1 unspecified atom stereocenters. The zero-order chi connectivity index (χ0) is 14.4. The van der Waals surface area contributed by atoms with E-state index in [1.807, 2.05) is 19.1 Å². The molecule has 0 radical (unpaired) electrons. The van der Waals surface area contributed by atoms with E-state index in [1.54, 1.807) is 0 Å². The molecule has 0 saturated carbocycles. The molecule has 0 saturated heterocycles. The fourth-order valence-electron chi connectivity index (χ4n) is 2.62. The van der Waals surface area contributed by atoms with Gasteiger partial charge in [0.15, 0.2) is 0 Å². The minimum atomic E-state index is -0.0980. The van der Waals surface area contributed by atoms with Crippen molar-refractivity contribution in [2.45, 2.75) is 39.0 Å². The lowest BCUT2D eigenvalue weighted by Crippen LogP contribution is -2.10. The molecule has 2 aromatic rings. The van der Waals surface area contributed by atoms with E-state index in [4.69, 9.17) is 4.74 Å². The molecule has 0 aliphatic rings. The van der Waals surface area contributed by atoms with Crippen molar-refractivity contribution in [3.63, 3.8) is 0 Å². The first-order valence-corrected chi connectivity index (χ1v) is 7.39. The van der Waals surface area contributed by atoms with Gasteiger partial charge in [-0.1, -0.05) is 55.8 Å². The third-order valence-electron chi connectivity index (χ3n) is 3.60. The Morgan fingerprint density at radius 3 is 2.55 bits per heavy atom. The van der Waals surface area contributed by atoms with Gasteiger partial charge in [0, 0.05) is 0 Å². The summed E-state index contributed by atoms with van der Waals surface area (Å²) in [7, 11) is 0. The van der Waals surface area contributed by atoms with Gasteiger partial charge in [0.2, 0.25) is 0 Å². The number of carbonyl (C=O) groups is 1. The molecule has 2 rings (SSSR count). The molecule has 2 nitrogen and oxygen atoms in total. The number of hydrogen-bond donors (Lipinski definition) is 0. The van der Waals surface area contributed by atoms with Gasteiger partial charge >= 0.3 is 5.97 Å². The fraction of sp³-hybridized carbons (Fsp3) is 0.389. The predicted octanol–water partition coefficient (Wildman–Crippen LogP) is 4.68. The minimum absolute atomic E-state index is 0.0980. The van der Waals surface area contributed by atoms with Gasteiger partial charge in [-0.3, -0.25) is 4.79 Å². The maximum Gasteiger partial charge on any atom is 0.306 e. The third-order valence-corrected chi connectivity index (χ3v) is 3.60. The van der Waals surface area contributed by atoms with Gasteiger partial charge in [-0.15, -0.1) is 0 Å². The molecule has 1 atom stereocenters. The van der Waals surface area contributed by atoms with Gasteiger partial charge in [-0.25, -0.2) is 0 Å². The van der Waals surface area contributed by atoms with Crippen LogP contribution in [-0.2, 0) is 9.53 Å². The van der Waals surface area contributed by atoms with Crippen molar-refractivity contribution in [2.75, 3.05) is 6.61 Å². The molecule has 0 heterocycles. The van der Waals surface area contributed by atoms with Crippen LogP contribution in [0.2, 0.25) is 0 Å². The van der Waals surface area contributed by atoms with Crippen LogP contribution in [0.3, 0.4) is 0 Å². The zero-order valence-electron chi connectivity index (χ0n) is 12.3. The van der Waals surface area contributed by atoms with Crippen molar-refractivity contribution in [1.29, 1.82) is 0 Å². The zero-order valence-corrected chi connectivity index (χ0v) is 12.3. The predicted molar refractivity (Wildman–Crippen MR) is 82.8 cm³/mol. The lowest BCUT2D eigenvalue weighted by Gasteiger charge is -2.16. The van der Waals surface area contributed by atoms with Gasteiger partial charge in [0.25, 0.3) is 0 Å². The van der Waals surface area contributed by atoms with Crippen molar-refractivity contribution in [1.82, 2.24) is 0 Å². The number of hydrogen-bond acceptors (Lipinski definition) is 2. The summed E-state index contributed by atoms with van der Waals surface area (Å²) in [6, 6.07) is 14.8. The van der Waals surface area contributed by atoms with E-state index in [-0.39, 0.29) is 11.9 Å². The highest BCUT2D eigenvalue weighted by molar-refractivity contribution is 5.83. The monoisotopic (exact) mass is 270 g/mol. The van der Waals surface area contributed by atoms with Crippen LogP contribution in [0.25, 0.3) is 10.8 Å². The second-order valence-electron chi connectivity index (χ2n) is 5.10. The molecule has 20 heavy (non-hydrogen) atoms. The van der Waals surface area contributed by atoms with Crippen LogP contribution in [0, 0.1) is 0 Å². The molecule has 0 N–H and O–H groups in total. The Bertz CT molecular complexity index is 574. The van der Waals surface area contributed by atoms with Gasteiger partial charge < -0.3 is 4.74 Å². The van der Waals surface area contributed by atoms with Crippen molar-refractivity contribution < 1.29 is 9.53 Å². The standard InChI is InChI=1S/C18H22O2/c1-3-7-15(13-18(19)20-4-2)17-11-10-14-8-5-6-9-16(14)12-17/h5-6,8-12,15H,3-4,7,13H2,1-2H3. The van der Waals surface area contributed by atoms with Crippen LogP contribution in [0.5, 0.6) is 0 Å². The highest BCUT2D eigenvalue weighted by Gasteiger charge is 2.16. The summed E-state index contributed by atoms with van der Waals surface area (Å²) >= 11 is 0. The molecule has 0 spiro atoms. The Morgan fingerprint density at radius 1 is 1.10 bits per heavy atom. The summed E-state index contributed by atoms with van der Waals surface area (Å²) < 4.78 is 5.09. The van der Waals surface area contributed by atoms with Crippen LogP contribution >= 0.6 is 0 Å². The summed E-state index contributed by atoms with van der Waals surface area (Å²) in [4.78, 5) is 11.7. The van der Waals surface area contributed by atoms with E-state index in [0.717, 1.165) is 12.8 Å². The van der Waals surface area contributed by atoms with E-state index in [2.05, 4.69) is 37.3 Å². The molecule has 0 fully saturated rings. The Kier molecular flexibility index (Phi) is 5.16. The Hall–Kier alpha value is -1.83. The topological polar surface area (TPSA) is 26.3 Å². The van der Waals surface area contributed by atoms with Crippen LogP contribution in [0.15, 0.2) is 42.5 Å². The van der Waals surface area contributed by atoms with Crippen molar-refractivity contribution in [2.24, 2.45) is 0 Å². The fourth-order valence-corrected chi connectivity index (χ4v) is 2.62. The summed E-state index contributed by atoms with van der Waals surface area (Å²) in [5.41, 5.74) is 1.23. The highest BCUT2D eigenvalue weighted by Crippen LogP contribution is 2.28. The third kappa shape index (κ3) is 3.60. The minimum Gasteiger partial charge on any atom is -0.466 e. The molecular formula is C18H22O2. The number of fused-ring (bicyclic) bond motifs is 1. The van der Waals surface area contributed by atoms with E-state index < -0.39 is 0 Å². The highest BCUT2D eigenvalue weighted by atomic mass is 16.5. The van der Waals surface area contributed by atoms with Crippen LogP contribution in [0.1, 0.15) is 44.6 Å². The average Bonchev–Trinajstić information content (AvgIpc) is 2.46. The average molecular weight is 270 g/mol. The quantitative estimate of drug-likeness (QED) is 0.713. The van der Waals surface area contributed by atoms with Crippen molar-refractivity contribution in [3.05, 3.63) is 48.0 Å². The largest absolute Gasteiger partial charge is 0.466 e. The molecule has 2 aromatic carbocycles. The first-order valence-electron chi connectivity index (χ1n) is 7.39. The molecule has 0 aliphatic carbocycles. The Balaban J connectivity index is 2.23. The first-order chi connectivity index (χ1) is 9.74. The van der Waals surface area contributed by atoms with Crippen LogP contribution in [-0.4, -0.2) is 12.6 Å². The maximum absolute atomic E-state index is 11.7. The van der Waals surface area contributed by atoms with Gasteiger partial charge in [0.05, 0.1) is 13.0 Å². The molecule has 0 aromatic heterocycles. The van der Waals surface area contributed by atoms with Crippen molar-refractivity contribution >= 4 is 16.7 Å². The van der Waals surface area contributed by atoms with Gasteiger partial charge in [-0.2, -0.15) is 0 Å². The molecule has 2 heteroatoms. The smallest absolute Gasteiger partial charge is 0.306 e. The molecule has 106 valence electrons. The van der Waals surface area contributed by atoms with Gasteiger partial charge in [0.1, 0.15) is 0 Å². The number of ether oxygens (including phenoxy) is 1. The summed E-state index contributed by atoms with van der Waals surface area (Å²) in [6.45, 7) is 4.46. The summed E-state index contributed by atoms with van der Waals surface area (Å²) in [5, 5.41) is 2.47. The number of carbonyl (C=O) groups excluding carboxylic acids is 1. The van der Waals surface area contributed by atoms with E-state index in [0.29, 0.717) is 13.0 Å². The second kappa shape index (κ2) is 7.09. The Labute approximate surface area is 120 Å². The molecule has 0 bridgehead atoms. The molecule has 0 aliphatic heterocycles. The van der Waals surface area contributed by atoms with E-state index >= 15 is 0 Å².